The first-order valence-electron chi connectivity index (χ1n) is 8.34. The van der Waals surface area contributed by atoms with Crippen molar-refractivity contribution in [3.8, 4) is 5.75 Å². The Morgan fingerprint density at radius 1 is 1.38 bits per heavy atom. The van der Waals surface area contributed by atoms with E-state index >= 15 is 0 Å². The number of halogens is 1. The largest absolute Gasteiger partial charge is 0.495 e. The van der Waals surface area contributed by atoms with Crippen LogP contribution in [0.25, 0.3) is 0 Å². The van der Waals surface area contributed by atoms with Crippen LogP contribution >= 0.6 is 11.6 Å². The maximum absolute atomic E-state index is 12.6. The Hall–Kier alpha value is -2.60. The molecule has 6 nitrogen and oxygen atoms in total. The summed E-state index contributed by atoms with van der Waals surface area (Å²) in [6.45, 7) is 2.16. The Morgan fingerprint density at radius 2 is 2.19 bits per heavy atom. The van der Waals surface area contributed by atoms with E-state index in [0.717, 1.165) is 5.69 Å². The molecule has 1 fully saturated rings. The van der Waals surface area contributed by atoms with E-state index in [1.807, 2.05) is 25.1 Å². The zero-order valence-electron chi connectivity index (χ0n) is 14.6. The molecule has 0 saturated carbocycles. The molecule has 2 aromatic rings. The average Bonchev–Trinajstić information content (AvgIpc) is 3.04. The molecule has 1 saturated heterocycles. The summed E-state index contributed by atoms with van der Waals surface area (Å²) >= 11 is 6.06. The average molecular weight is 374 g/mol. The molecule has 0 aliphatic carbocycles. The second kappa shape index (κ2) is 7.74. The fourth-order valence-electron chi connectivity index (χ4n) is 3.03. The maximum atomic E-state index is 12.6. The number of nitrogens with zero attached hydrogens (tertiary/aromatic N) is 2. The molecule has 2 amide bonds. The van der Waals surface area contributed by atoms with Crippen LogP contribution in [0.3, 0.4) is 0 Å². The van der Waals surface area contributed by atoms with Gasteiger partial charge in [-0.1, -0.05) is 17.7 Å². The summed E-state index contributed by atoms with van der Waals surface area (Å²) in [4.78, 5) is 30.9. The third-order valence-corrected chi connectivity index (χ3v) is 4.65. The van der Waals surface area contributed by atoms with Crippen LogP contribution in [-0.2, 0) is 9.59 Å². The Balaban J connectivity index is 1.71. The summed E-state index contributed by atoms with van der Waals surface area (Å²) in [5.74, 6) is -0.181. The molecule has 2 heterocycles. The molecule has 3 rings (SSSR count). The van der Waals surface area contributed by atoms with Crippen molar-refractivity contribution in [1.82, 2.24) is 10.3 Å². The van der Waals surface area contributed by atoms with Crippen LogP contribution in [0.15, 0.2) is 42.6 Å². The Bertz CT molecular complexity index is 813. The van der Waals surface area contributed by atoms with E-state index in [1.54, 1.807) is 29.3 Å². The second-order valence-corrected chi connectivity index (χ2v) is 6.64. The van der Waals surface area contributed by atoms with Gasteiger partial charge in [-0.2, -0.15) is 0 Å². The smallest absolute Gasteiger partial charge is 0.227 e. The van der Waals surface area contributed by atoms with Gasteiger partial charge in [0.2, 0.25) is 11.8 Å². The number of nitrogens with one attached hydrogen (secondary N) is 1. The summed E-state index contributed by atoms with van der Waals surface area (Å²) in [7, 11) is 1.53. The van der Waals surface area contributed by atoms with Crippen molar-refractivity contribution < 1.29 is 14.3 Å². The number of benzene rings is 1. The van der Waals surface area contributed by atoms with Crippen molar-refractivity contribution in [2.45, 2.75) is 19.4 Å². The van der Waals surface area contributed by atoms with Crippen molar-refractivity contribution >= 4 is 29.1 Å². The number of ether oxygens (including phenoxy) is 1. The van der Waals surface area contributed by atoms with Gasteiger partial charge < -0.3 is 15.0 Å². The van der Waals surface area contributed by atoms with Gasteiger partial charge in [-0.25, -0.2) is 0 Å². The number of hydrogen-bond donors (Lipinski definition) is 1. The molecule has 0 radical (unpaired) electrons. The minimum Gasteiger partial charge on any atom is -0.495 e. The third-order valence-electron chi connectivity index (χ3n) is 4.42. The first-order valence-corrected chi connectivity index (χ1v) is 8.72. The van der Waals surface area contributed by atoms with Gasteiger partial charge in [0, 0.05) is 24.2 Å². The summed E-state index contributed by atoms with van der Waals surface area (Å²) in [6.07, 6.45) is 1.83. The molecule has 1 aromatic heterocycles. The summed E-state index contributed by atoms with van der Waals surface area (Å²) in [5, 5.41) is 3.44. The van der Waals surface area contributed by atoms with E-state index in [-0.39, 0.29) is 30.8 Å². The van der Waals surface area contributed by atoms with E-state index in [1.165, 1.54) is 7.11 Å². The van der Waals surface area contributed by atoms with Crippen LogP contribution in [0, 0.1) is 5.92 Å². The molecule has 1 aliphatic rings. The molecular formula is C19H20ClN3O3. The van der Waals surface area contributed by atoms with Crippen LogP contribution in [0.2, 0.25) is 5.02 Å². The molecule has 26 heavy (non-hydrogen) atoms. The fraction of sp³-hybridized carbons (Fsp3) is 0.316. The zero-order valence-corrected chi connectivity index (χ0v) is 15.4. The topological polar surface area (TPSA) is 71.5 Å². The maximum Gasteiger partial charge on any atom is 0.227 e. The predicted molar refractivity (Wildman–Crippen MR) is 99.3 cm³/mol. The number of carbonyl (C=O) groups excluding carboxylic acids is 2. The highest BCUT2D eigenvalue weighted by molar-refractivity contribution is 6.31. The van der Waals surface area contributed by atoms with Crippen molar-refractivity contribution in [3.05, 3.63) is 53.3 Å². The molecule has 136 valence electrons. The van der Waals surface area contributed by atoms with Gasteiger partial charge in [0.05, 0.1) is 30.5 Å². The number of methoxy groups -OCH3 is 1. The lowest BCUT2D eigenvalue weighted by atomic mass is 10.1. The summed E-state index contributed by atoms with van der Waals surface area (Å²) in [5.41, 5.74) is 1.36. The molecule has 0 bridgehead atoms. The van der Waals surface area contributed by atoms with Gasteiger partial charge in [-0.3, -0.25) is 14.6 Å². The second-order valence-electron chi connectivity index (χ2n) is 6.21. The van der Waals surface area contributed by atoms with E-state index in [9.17, 15) is 9.59 Å². The molecule has 0 spiro atoms. The van der Waals surface area contributed by atoms with E-state index in [2.05, 4.69) is 10.3 Å². The van der Waals surface area contributed by atoms with Gasteiger partial charge >= 0.3 is 0 Å². The van der Waals surface area contributed by atoms with Gasteiger partial charge in [-0.15, -0.1) is 0 Å². The minimum atomic E-state index is -0.433. The van der Waals surface area contributed by atoms with Crippen molar-refractivity contribution in [2.24, 2.45) is 5.92 Å². The van der Waals surface area contributed by atoms with Gasteiger partial charge in [-0.05, 0) is 37.3 Å². The number of anilines is 1. The molecule has 1 aliphatic heterocycles. The first kappa shape index (κ1) is 18.2. The van der Waals surface area contributed by atoms with Crippen LogP contribution in [0.1, 0.15) is 25.1 Å². The van der Waals surface area contributed by atoms with Gasteiger partial charge in [0.15, 0.2) is 0 Å². The summed E-state index contributed by atoms with van der Waals surface area (Å²) in [6, 6.07) is 10.4. The minimum absolute atomic E-state index is 0.129. The van der Waals surface area contributed by atoms with Crippen LogP contribution < -0.4 is 15.0 Å². The fourth-order valence-corrected chi connectivity index (χ4v) is 3.19. The third kappa shape index (κ3) is 3.80. The van der Waals surface area contributed by atoms with Crippen molar-refractivity contribution in [1.29, 1.82) is 0 Å². The molecule has 1 aromatic carbocycles. The lowest BCUT2D eigenvalue weighted by molar-refractivity contribution is -0.126. The highest BCUT2D eigenvalue weighted by atomic mass is 35.5. The highest BCUT2D eigenvalue weighted by Crippen LogP contribution is 2.35. The standard InChI is InChI=1S/C19H20ClN3O3/c1-12(15-5-3-4-8-21-15)22-19(25)13-9-18(24)23(11-13)16-10-14(20)6-7-17(16)26-2/h3-8,10,12-13H,9,11H2,1-2H3,(H,22,25). The Morgan fingerprint density at radius 3 is 2.88 bits per heavy atom. The van der Waals surface area contributed by atoms with Gasteiger partial charge in [0.1, 0.15) is 5.75 Å². The highest BCUT2D eigenvalue weighted by Gasteiger charge is 2.36. The molecule has 2 atom stereocenters. The normalized spacial score (nSPS) is 17.9. The van der Waals surface area contributed by atoms with Crippen molar-refractivity contribution in [2.75, 3.05) is 18.6 Å². The molecule has 7 heteroatoms. The lowest BCUT2D eigenvalue weighted by Gasteiger charge is -2.20. The quantitative estimate of drug-likeness (QED) is 0.874. The van der Waals surface area contributed by atoms with E-state index < -0.39 is 5.92 Å². The number of rotatable bonds is 5. The number of pyridine rings is 1. The first-order chi connectivity index (χ1) is 12.5. The number of hydrogen-bond acceptors (Lipinski definition) is 4. The van der Waals surface area contributed by atoms with E-state index in [4.69, 9.17) is 16.3 Å². The van der Waals surface area contributed by atoms with Crippen LogP contribution in [0.5, 0.6) is 5.75 Å². The van der Waals surface area contributed by atoms with Crippen LogP contribution in [0.4, 0.5) is 5.69 Å². The predicted octanol–water partition coefficient (Wildman–Crippen LogP) is 2.97. The van der Waals surface area contributed by atoms with Gasteiger partial charge in [0.25, 0.3) is 0 Å². The molecular weight excluding hydrogens is 354 g/mol. The number of carbonyl (C=O) groups is 2. The summed E-state index contributed by atoms with van der Waals surface area (Å²) < 4.78 is 5.32. The Labute approximate surface area is 157 Å². The number of aromatic nitrogens is 1. The van der Waals surface area contributed by atoms with E-state index in [0.29, 0.717) is 16.5 Å². The van der Waals surface area contributed by atoms with Crippen molar-refractivity contribution in [3.63, 3.8) is 0 Å². The van der Waals surface area contributed by atoms with Crippen LogP contribution in [-0.4, -0.2) is 30.5 Å². The Kier molecular flexibility index (Phi) is 5.42. The zero-order chi connectivity index (χ0) is 18.7. The molecule has 1 N–H and O–H groups in total. The number of amides is 2. The molecule has 2 unspecified atom stereocenters. The monoisotopic (exact) mass is 373 g/mol. The SMILES string of the molecule is COc1ccc(Cl)cc1N1CC(C(=O)NC(C)c2ccccn2)CC1=O. The lowest BCUT2D eigenvalue weighted by Crippen LogP contribution is -2.34.